The first-order chi connectivity index (χ1) is 14.2. The molecule has 0 atom stereocenters. The standard InChI is InChI=1S/C25H24N2O2/c28-25(29)22-18-8-4-5-9-20(18)27-13-12-16-14-26-23-17(15-6-2-1-3-7-15)10-11-19(21(16)23)24(22)27/h4,8,10-12,14-15H,1-3,5-7,9,13H2,(H,28,29). The molecule has 0 spiro atoms. The second kappa shape index (κ2) is 6.31. The minimum atomic E-state index is -0.839. The van der Waals surface area contributed by atoms with Gasteiger partial charge in [0.1, 0.15) is 0 Å². The quantitative estimate of drug-likeness (QED) is 0.693. The molecule has 4 aliphatic rings. The number of carboxylic acid groups (broad SMARTS) is 1. The topological polar surface area (TPSA) is 54.6 Å². The third-order valence-corrected chi connectivity index (χ3v) is 7.08. The van der Waals surface area contributed by atoms with Crippen LogP contribution in [0.15, 0.2) is 29.3 Å². The maximum absolute atomic E-state index is 12.3. The van der Waals surface area contributed by atoms with Crippen LogP contribution in [0.5, 0.6) is 0 Å². The van der Waals surface area contributed by atoms with Gasteiger partial charge in [0.2, 0.25) is 0 Å². The van der Waals surface area contributed by atoms with Crippen LogP contribution in [0.25, 0.3) is 22.9 Å². The number of carboxylic acids is 1. The van der Waals surface area contributed by atoms with Crippen LogP contribution < -0.4 is 0 Å². The molecule has 0 unspecified atom stereocenters. The Balaban J connectivity index is 1.62. The smallest absolute Gasteiger partial charge is 0.338 e. The van der Waals surface area contributed by atoms with Crippen LogP contribution in [0.3, 0.4) is 0 Å². The molecule has 1 aromatic heterocycles. The Hall–Kier alpha value is -2.88. The van der Waals surface area contributed by atoms with Crippen molar-refractivity contribution >= 4 is 29.5 Å². The van der Waals surface area contributed by atoms with E-state index in [2.05, 4.69) is 28.9 Å². The number of fused-ring (bicyclic) bond motifs is 4. The SMILES string of the molecule is O=C(O)c1c2c(n3c1-c1ccc(C4CCCCC4)c4c1C(=CC3)C=N4)CCC=C2. The summed E-state index contributed by atoms with van der Waals surface area (Å²) in [6.07, 6.45) is 16.5. The van der Waals surface area contributed by atoms with E-state index < -0.39 is 5.97 Å². The summed E-state index contributed by atoms with van der Waals surface area (Å²) in [5, 5.41) is 10.1. The first-order valence-corrected chi connectivity index (χ1v) is 10.8. The van der Waals surface area contributed by atoms with Gasteiger partial charge in [0, 0.05) is 40.7 Å². The predicted octanol–water partition coefficient (Wildman–Crippen LogP) is 5.97. The number of carbonyl (C=O) groups is 1. The molecule has 6 rings (SSSR count). The lowest BCUT2D eigenvalue weighted by molar-refractivity contribution is 0.0697. The van der Waals surface area contributed by atoms with E-state index in [-0.39, 0.29) is 0 Å². The number of aromatic carboxylic acids is 1. The Morgan fingerprint density at radius 3 is 2.86 bits per heavy atom. The maximum atomic E-state index is 12.3. The van der Waals surface area contributed by atoms with Crippen LogP contribution in [0.2, 0.25) is 0 Å². The molecule has 3 heterocycles. The van der Waals surface area contributed by atoms with Gasteiger partial charge < -0.3 is 9.67 Å². The van der Waals surface area contributed by atoms with Gasteiger partial charge in [0.25, 0.3) is 0 Å². The highest BCUT2D eigenvalue weighted by Crippen LogP contribution is 2.49. The van der Waals surface area contributed by atoms with E-state index in [1.807, 2.05) is 12.3 Å². The van der Waals surface area contributed by atoms with E-state index in [1.54, 1.807) is 0 Å². The Morgan fingerprint density at radius 2 is 2.03 bits per heavy atom. The van der Waals surface area contributed by atoms with Crippen LogP contribution in [0.1, 0.15) is 77.2 Å². The van der Waals surface area contributed by atoms with E-state index >= 15 is 0 Å². The van der Waals surface area contributed by atoms with Crippen molar-refractivity contribution in [3.8, 4) is 11.3 Å². The fourth-order valence-corrected chi connectivity index (χ4v) is 5.78. The molecule has 2 aliphatic heterocycles. The number of aromatic nitrogens is 1. The van der Waals surface area contributed by atoms with Crippen molar-refractivity contribution < 1.29 is 9.90 Å². The average Bonchev–Trinajstić information content (AvgIpc) is 3.27. The normalized spacial score (nSPS) is 19.4. The molecule has 146 valence electrons. The highest BCUT2D eigenvalue weighted by molar-refractivity contribution is 6.20. The summed E-state index contributed by atoms with van der Waals surface area (Å²) in [7, 11) is 0. The van der Waals surface area contributed by atoms with Crippen LogP contribution in [0, 0.1) is 0 Å². The minimum Gasteiger partial charge on any atom is -0.478 e. The third kappa shape index (κ3) is 2.38. The molecule has 2 aliphatic carbocycles. The number of hydrogen-bond acceptors (Lipinski definition) is 2. The van der Waals surface area contributed by atoms with Crippen molar-refractivity contribution in [2.45, 2.75) is 57.4 Å². The number of aliphatic imine (C=N–C) groups is 1. The summed E-state index contributed by atoms with van der Waals surface area (Å²) in [4.78, 5) is 17.2. The van der Waals surface area contributed by atoms with Gasteiger partial charge in [-0.25, -0.2) is 4.79 Å². The first-order valence-electron chi connectivity index (χ1n) is 10.8. The average molecular weight is 384 g/mol. The fraction of sp³-hybridized carbons (Fsp3) is 0.360. The molecule has 0 saturated heterocycles. The van der Waals surface area contributed by atoms with Crippen molar-refractivity contribution in [3.63, 3.8) is 0 Å². The van der Waals surface area contributed by atoms with Crippen molar-refractivity contribution in [1.82, 2.24) is 4.57 Å². The van der Waals surface area contributed by atoms with Gasteiger partial charge in [-0.3, -0.25) is 4.99 Å². The van der Waals surface area contributed by atoms with E-state index in [1.165, 1.54) is 37.7 Å². The Bertz CT molecular complexity index is 1140. The van der Waals surface area contributed by atoms with E-state index in [0.29, 0.717) is 18.0 Å². The Morgan fingerprint density at radius 1 is 1.17 bits per heavy atom. The van der Waals surface area contributed by atoms with Gasteiger partial charge in [0.15, 0.2) is 0 Å². The van der Waals surface area contributed by atoms with Gasteiger partial charge in [-0.05, 0) is 37.2 Å². The molecular weight excluding hydrogens is 360 g/mol. The van der Waals surface area contributed by atoms with E-state index in [9.17, 15) is 9.90 Å². The van der Waals surface area contributed by atoms with Crippen LogP contribution >= 0.6 is 0 Å². The minimum absolute atomic E-state index is 0.449. The zero-order chi connectivity index (χ0) is 19.5. The third-order valence-electron chi connectivity index (χ3n) is 7.08. The summed E-state index contributed by atoms with van der Waals surface area (Å²) in [5.41, 5.74) is 9.10. The van der Waals surface area contributed by atoms with Crippen LogP contribution in [-0.4, -0.2) is 21.9 Å². The molecule has 0 amide bonds. The summed E-state index contributed by atoms with van der Waals surface area (Å²) in [6.45, 7) is 0.701. The number of rotatable bonds is 2. The van der Waals surface area contributed by atoms with Gasteiger partial charge in [-0.15, -0.1) is 0 Å². The lowest BCUT2D eigenvalue weighted by Crippen LogP contribution is -2.07. The van der Waals surface area contributed by atoms with Crippen molar-refractivity contribution in [3.05, 3.63) is 52.2 Å². The van der Waals surface area contributed by atoms with Gasteiger partial charge >= 0.3 is 5.97 Å². The Kier molecular flexibility index (Phi) is 3.70. The number of nitrogens with zero attached hydrogens (tertiary/aromatic N) is 2. The number of hydrogen-bond donors (Lipinski definition) is 1. The lowest BCUT2D eigenvalue weighted by Gasteiger charge is -2.24. The molecule has 2 aromatic rings. The predicted molar refractivity (Wildman–Crippen MR) is 116 cm³/mol. The Labute approximate surface area is 170 Å². The molecule has 1 N–H and O–H groups in total. The largest absolute Gasteiger partial charge is 0.478 e. The molecule has 4 heteroatoms. The highest BCUT2D eigenvalue weighted by atomic mass is 16.4. The zero-order valence-electron chi connectivity index (χ0n) is 16.4. The maximum Gasteiger partial charge on any atom is 0.338 e. The molecule has 0 bridgehead atoms. The highest BCUT2D eigenvalue weighted by Gasteiger charge is 2.33. The zero-order valence-corrected chi connectivity index (χ0v) is 16.4. The molecule has 4 nitrogen and oxygen atoms in total. The van der Waals surface area contributed by atoms with E-state index in [0.717, 1.165) is 52.2 Å². The molecule has 0 radical (unpaired) electrons. The van der Waals surface area contributed by atoms with Gasteiger partial charge in [-0.1, -0.05) is 49.6 Å². The summed E-state index contributed by atoms with van der Waals surface area (Å²) in [6, 6.07) is 4.40. The fourth-order valence-electron chi connectivity index (χ4n) is 5.78. The van der Waals surface area contributed by atoms with Crippen molar-refractivity contribution in [1.29, 1.82) is 0 Å². The second-order valence-electron chi connectivity index (χ2n) is 8.62. The molecular formula is C25H24N2O2. The first kappa shape index (κ1) is 17.0. The molecule has 1 saturated carbocycles. The van der Waals surface area contributed by atoms with Gasteiger partial charge in [0.05, 0.1) is 16.9 Å². The van der Waals surface area contributed by atoms with Gasteiger partial charge in [-0.2, -0.15) is 0 Å². The van der Waals surface area contributed by atoms with Crippen molar-refractivity contribution in [2.75, 3.05) is 0 Å². The van der Waals surface area contributed by atoms with E-state index in [4.69, 9.17) is 4.99 Å². The molecule has 29 heavy (non-hydrogen) atoms. The van der Waals surface area contributed by atoms with Crippen molar-refractivity contribution in [2.24, 2.45) is 4.99 Å². The lowest BCUT2D eigenvalue weighted by atomic mass is 9.81. The number of allylic oxidation sites excluding steroid dienone is 3. The second-order valence-corrected chi connectivity index (χ2v) is 8.62. The molecule has 1 fully saturated rings. The van der Waals surface area contributed by atoms with Crippen LogP contribution in [0.4, 0.5) is 5.69 Å². The summed E-state index contributed by atoms with van der Waals surface area (Å²) in [5.74, 6) is -0.264. The van der Waals surface area contributed by atoms with Crippen LogP contribution in [-0.2, 0) is 13.0 Å². The summed E-state index contributed by atoms with van der Waals surface area (Å²) < 4.78 is 2.23. The summed E-state index contributed by atoms with van der Waals surface area (Å²) >= 11 is 0. The monoisotopic (exact) mass is 384 g/mol. The molecule has 1 aromatic carbocycles. The number of benzene rings is 1.